The van der Waals surface area contributed by atoms with E-state index in [1.54, 1.807) is 0 Å². The van der Waals surface area contributed by atoms with Gasteiger partial charge in [0.2, 0.25) is 0 Å². The van der Waals surface area contributed by atoms with E-state index >= 15 is 0 Å². The highest BCUT2D eigenvalue weighted by atomic mass is 31.2. The Balaban J connectivity index is 1.69. The molecule has 0 amide bonds. The number of quaternary nitrogens is 1. The summed E-state index contributed by atoms with van der Waals surface area (Å²) < 4.78 is 34.7. The minimum atomic E-state index is -4.58. The van der Waals surface area contributed by atoms with Crippen molar-refractivity contribution in [3.05, 3.63) is 36.5 Å². The van der Waals surface area contributed by atoms with Gasteiger partial charge in [0.1, 0.15) is 31.5 Å². The van der Waals surface area contributed by atoms with Gasteiger partial charge < -0.3 is 27.9 Å². The maximum atomic E-state index is 12.9. The van der Waals surface area contributed by atoms with E-state index in [4.69, 9.17) is 28.3 Å². The number of hydrogen-bond donors (Lipinski definition) is 1. The summed E-state index contributed by atoms with van der Waals surface area (Å²) in [4.78, 5) is 41.0. The second kappa shape index (κ2) is 33.2. The van der Waals surface area contributed by atoms with Gasteiger partial charge in [-0.2, -0.15) is 0 Å². The van der Waals surface area contributed by atoms with Crippen molar-refractivity contribution in [2.45, 2.75) is 186 Å². The van der Waals surface area contributed by atoms with Crippen molar-refractivity contribution in [1.29, 1.82) is 0 Å². The van der Waals surface area contributed by atoms with Gasteiger partial charge in [0.15, 0.2) is 0 Å². The van der Waals surface area contributed by atoms with Crippen LogP contribution in [0, 0.1) is 11.8 Å². The number of phosphoric acid groups is 1. The van der Waals surface area contributed by atoms with E-state index in [9.17, 15) is 19.5 Å². The summed E-state index contributed by atoms with van der Waals surface area (Å²) in [7, 11) is 1.25. The van der Waals surface area contributed by atoms with Gasteiger partial charge in [-0.15, -0.1) is 0 Å². The molecular formula is C46H84NO11P. The molecule has 0 aromatic carbocycles. The summed E-state index contributed by atoms with van der Waals surface area (Å²) in [6.07, 6.45) is 36.2. The fourth-order valence-electron chi connectivity index (χ4n) is 7.52. The van der Waals surface area contributed by atoms with Crippen molar-refractivity contribution in [1.82, 2.24) is 0 Å². The number of allylic oxidation sites excluding steroid dienone is 3. The molecule has 7 unspecified atom stereocenters. The van der Waals surface area contributed by atoms with Gasteiger partial charge in [-0.3, -0.25) is 14.6 Å². The Morgan fingerprint density at radius 3 is 2.03 bits per heavy atom. The first-order chi connectivity index (χ1) is 28.5. The standard InChI is InChI=1S/C46H84NO11P/c1-6-8-10-11-12-13-14-15-16-17-18-19-20-21-24-28-35-52-38-41(39-54-59(50,51)53-36-34-47(3,4)5)55-46(48)31-27-23-22-26-30-42-43(45-37-44(42)57-58-45)33-32-40(56-49)29-25-9-7-2/h9,22,25-26,32-33,40-45H,6-8,10-21,23-24,27-31,34-39H2,1-5H3,(H-,49,50,51)/b25-9-,26-22-,33-32+. The molecule has 2 bridgehead atoms. The monoisotopic (exact) mass is 858 g/mol. The van der Waals surface area contributed by atoms with Gasteiger partial charge in [0, 0.05) is 31.3 Å². The Kier molecular flexibility index (Phi) is 30.2. The highest BCUT2D eigenvalue weighted by Gasteiger charge is 2.49. The van der Waals surface area contributed by atoms with Crippen LogP contribution in [0.4, 0.5) is 0 Å². The van der Waals surface area contributed by atoms with Crippen LogP contribution >= 0.6 is 7.82 Å². The van der Waals surface area contributed by atoms with Gasteiger partial charge in [0.25, 0.3) is 7.82 Å². The van der Waals surface area contributed by atoms with E-state index in [1.807, 2.05) is 39.4 Å². The number of carbonyl (C=O) groups is 1. The van der Waals surface area contributed by atoms with Gasteiger partial charge >= 0.3 is 5.97 Å². The fraction of sp³-hybridized carbons (Fsp3) is 0.848. The first kappa shape index (κ1) is 53.7. The number of ether oxygens (including phenoxy) is 2. The molecule has 0 radical (unpaired) electrons. The van der Waals surface area contributed by atoms with E-state index in [0.29, 0.717) is 36.9 Å². The second-order valence-corrected chi connectivity index (χ2v) is 19.0. The zero-order valence-electron chi connectivity index (χ0n) is 37.7. The quantitative estimate of drug-likeness (QED) is 0.0120. The molecular weight excluding hydrogens is 773 g/mol. The Morgan fingerprint density at radius 1 is 0.797 bits per heavy atom. The lowest BCUT2D eigenvalue weighted by Crippen LogP contribution is -2.37. The number of phosphoric ester groups is 1. The molecule has 1 N–H and O–H groups in total. The molecule has 1 aliphatic carbocycles. The largest absolute Gasteiger partial charge is 0.756 e. The lowest BCUT2D eigenvalue weighted by molar-refractivity contribution is -0.870. The Hall–Kier alpha value is -1.44. The predicted molar refractivity (Wildman–Crippen MR) is 232 cm³/mol. The Bertz CT molecular complexity index is 1190. The van der Waals surface area contributed by atoms with E-state index < -0.39 is 26.0 Å². The number of esters is 1. The average molecular weight is 858 g/mol. The summed E-state index contributed by atoms with van der Waals surface area (Å²) in [6, 6.07) is 0. The van der Waals surface area contributed by atoms with Gasteiger partial charge in [-0.25, -0.2) is 14.7 Å². The molecule has 2 aliphatic rings. The van der Waals surface area contributed by atoms with Crippen LogP contribution in [0.15, 0.2) is 36.5 Å². The molecule has 2 rings (SSSR count). The van der Waals surface area contributed by atoms with Crippen LogP contribution in [0.1, 0.15) is 162 Å². The number of likely N-dealkylation sites (N-methyl/N-ethyl adjacent to an activating group) is 1. The average Bonchev–Trinajstić information content (AvgIpc) is 3.81. The van der Waals surface area contributed by atoms with E-state index in [2.05, 4.69) is 37.0 Å². The van der Waals surface area contributed by atoms with Crippen molar-refractivity contribution >= 4 is 13.8 Å². The SMILES string of the molecule is CC/C=C\CC(/C=C/C1C2CC(OO2)C1C/C=C\CCCC(=O)OC(COCCCCCCCCCCCCCCCCCC)COP(=O)([O-])OCC[N+](C)(C)C)OO. The molecule has 0 aromatic rings. The van der Waals surface area contributed by atoms with Crippen LogP contribution < -0.4 is 4.89 Å². The van der Waals surface area contributed by atoms with Crippen molar-refractivity contribution in [2.24, 2.45) is 11.8 Å². The zero-order chi connectivity index (χ0) is 43.0. The summed E-state index contributed by atoms with van der Waals surface area (Å²) in [5.41, 5.74) is 0. The highest BCUT2D eigenvalue weighted by molar-refractivity contribution is 7.45. The number of unbranched alkanes of at least 4 members (excludes halogenated alkanes) is 16. The molecule has 13 heteroatoms. The molecule has 1 saturated heterocycles. The number of rotatable bonds is 39. The molecule has 0 aromatic heterocycles. The van der Waals surface area contributed by atoms with E-state index in [1.165, 1.54) is 89.9 Å². The van der Waals surface area contributed by atoms with E-state index in [-0.39, 0.29) is 50.3 Å². The molecule has 1 heterocycles. The lowest BCUT2D eigenvalue weighted by Gasteiger charge is -2.28. The summed E-state index contributed by atoms with van der Waals surface area (Å²) in [5, 5.41) is 9.33. The normalized spacial score (nSPS) is 21.6. The van der Waals surface area contributed by atoms with Crippen molar-refractivity contribution in [3.63, 3.8) is 0 Å². The molecule has 2 fully saturated rings. The molecule has 1 saturated carbocycles. The summed E-state index contributed by atoms with van der Waals surface area (Å²) in [5.74, 6) is -0.0349. The minimum absolute atomic E-state index is 0.00573. The number of fused-ring (bicyclic) bond motifs is 2. The van der Waals surface area contributed by atoms with Gasteiger partial charge in [0.05, 0.1) is 40.5 Å². The van der Waals surface area contributed by atoms with Crippen molar-refractivity contribution in [2.75, 3.05) is 54.1 Å². The maximum absolute atomic E-state index is 12.9. The topological polar surface area (TPSA) is 142 Å². The van der Waals surface area contributed by atoms with Crippen LogP contribution in [0.25, 0.3) is 0 Å². The van der Waals surface area contributed by atoms with Crippen molar-refractivity contribution < 1.29 is 57.2 Å². The molecule has 1 aliphatic heterocycles. The Morgan fingerprint density at radius 2 is 1.42 bits per heavy atom. The van der Waals surface area contributed by atoms with Crippen LogP contribution in [-0.4, -0.2) is 94.2 Å². The summed E-state index contributed by atoms with van der Waals surface area (Å²) >= 11 is 0. The Labute approximate surface area is 358 Å². The van der Waals surface area contributed by atoms with Crippen molar-refractivity contribution in [3.8, 4) is 0 Å². The van der Waals surface area contributed by atoms with Gasteiger partial charge in [-0.05, 0) is 38.5 Å². The predicted octanol–water partition coefficient (Wildman–Crippen LogP) is 10.6. The fourth-order valence-corrected chi connectivity index (χ4v) is 8.25. The van der Waals surface area contributed by atoms with Gasteiger partial charge in [-0.1, -0.05) is 147 Å². The number of hydrogen-bond acceptors (Lipinski definition) is 11. The molecule has 12 nitrogen and oxygen atoms in total. The lowest BCUT2D eigenvalue weighted by atomic mass is 9.89. The molecule has 0 spiro atoms. The number of nitrogens with zero attached hydrogens (tertiary/aromatic N) is 1. The molecule has 7 atom stereocenters. The highest BCUT2D eigenvalue weighted by Crippen LogP contribution is 2.45. The minimum Gasteiger partial charge on any atom is -0.756 e. The molecule has 59 heavy (non-hydrogen) atoms. The van der Waals surface area contributed by atoms with Crippen LogP contribution in [0.5, 0.6) is 0 Å². The first-order valence-corrected chi connectivity index (χ1v) is 24.7. The molecule has 344 valence electrons. The third-order valence-corrected chi connectivity index (χ3v) is 12.1. The number of carbonyl (C=O) groups excluding carboxylic acids is 1. The van der Waals surface area contributed by atoms with Crippen LogP contribution in [0.3, 0.4) is 0 Å². The third kappa shape index (κ3) is 27.3. The maximum Gasteiger partial charge on any atom is 0.306 e. The summed E-state index contributed by atoms with van der Waals surface area (Å²) in [6.45, 7) is 5.01. The third-order valence-electron chi connectivity index (χ3n) is 11.1. The van der Waals surface area contributed by atoms with Crippen LogP contribution in [-0.2, 0) is 42.5 Å². The smallest absolute Gasteiger partial charge is 0.306 e. The zero-order valence-corrected chi connectivity index (χ0v) is 38.5. The first-order valence-electron chi connectivity index (χ1n) is 23.3. The van der Waals surface area contributed by atoms with Crippen LogP contribution in [0.2, 0.25) is 0 Å². The van der Waals surface area contributed by atoms with E-state index in [0.717, 1.165) is 32.1 Å². The second-order valence-electron chi connectivity index (χ2n) is 17.6.